The van der Waals surface area contributed by atoms with Crippen molar-refractivity contribution in [3.05, 3.63) is 136 Å². The van der Waals surface area contributed by atoms with E-state index in [1.807, 2.05) is 6.08 Å². The van der Waals surface area contributed by atoms with E-state index in [2.05, 4.69) is 5.43 Å². The zero-order chi connectivity index (χ0) is 34.2. The second kappa shape index (κ2) is 11.4. The number of hydrogen-bond acceptors (Lipinski definition) is 6. The lowest BCUT2D eigenvalue weighted by atomic mass is 9.49. The van der Waals surface area contributed by atoms with Crippen LogP contribution in [0, 0.1) is 35.3 Å². The van der Waals surface area contributed by atoms with Gasteiger partial charge in [-0.1, -0.05) is 59.6 Å². The Labute approximate surface area is 284 Å². The minimum Gasteiger partial charge on any atom is -0.505 e. The summed E-state index contributed by atoms with van der Waals surface area (Å²) in [7, 11) is 0. The molecule has 4 amide bonds. The third kappa shape index (κ3) is 4.54. The molecule has 6 unspecified atom stereocenters. The molecule has 2 aliphatic carbocycles. The number of carbonyl (C=O) groups is 4. The minimum atomic E-state index is -1.65. The number of rotatable bonds is 5. The Kier molecular flexibility index (Phi) is 7.18. The van der Waals surface area contributed by atoms with Gasteiger partial charge in [0.05, 0.1) is 34.5 Å². The summed E-state index contributed by atoms with van der Waals surface area (Å²) >= 11 is 6.29. The predicted octanol–water partition coefficient (Wildman–Crippen LogP) is 6.51. The number of carbonyl (C=O) groups excluding carboxylic acids is 4. The number of hydrazine groups is 1. The van der Waals surface area contributed by atoms with Crippen LogP contribution in [0.3, 0.4) is 0 Å². The number of nitrogens with one attached hydrogen (secondary N) is 1. The van der Waals surface area contributed by atoms with Gasteiger partial charge in [-0.05, 0) is 90.6 Å². The van der Waals surface area contributed by atoms with E-state index in [1.165, 1.54) is 41.3 Å². The van der Waals surface area contributed by atoms with E-state index in [9.17, 15) is 23.9 Å². The van der Waals surface area contributed by atoms with Crippen LogP contribution >= 0.6 is 11.6 Å². The monoisotopic (exact) mass is 679 g/mol. The third-order valence-corrected chi connectivity index (χ3v) is 10.8. The smallest absolute Gasteiger partial charge is 0.260 e. The van der Waals surface area contributed by atoms with Crippen molar-refractivity contribution in [1.29, 1.82) is 0 Å². The van der Waals surface area contributed by atoms with Crippen molar-refractivity contribution >= 4 is 46.6 Å². The minimum absolute atomic E-state index is 0.0422. The lowest BCUT2D eigenvalue weighted by Crippen LogP contribution is -2.53. The Morgan fingerprint density at radius 3 is 2.22 bits per heavy atom. The van der Waals surface area contributed by atoms with E-state index < -0.39 is 70.1 Å². The van der Waals surface area contributed by atoms with Gasteiger partial charge in [0.2, 0.25) is 11.8 Å². The molecule has 246 valence electrons. The van der Waals surface area contributed by atoms with Crippen LogP contribution in [-0.4, -0.2) is 33.7 Å². The van der Waals surface area contributed by atoms with E-state index in [-0.39, 0.29) is 24.4 Å². The maximum atomic E-state index is 15.2. The number of anilines is 2. The van der Waals surface area contributed by atoms with Gasteiger partial charge in [0, 0.05) is 10.9 Å². The second-order valence-corrected chi connectivity index (χ2v) is 13.4. The van der Waals surface area contributed by atoms with Crippen molar-refractivity contribution in [2.45, 2.75) is 24.2 Å². The molecule has 0 aromatic heterocycles. The van der Waals surface area contributed by atoms with Crippen molar-refractivity contribution in [1.82, 2.24) is 5.01 Å². The number of phenolic OH excluding ortho intramolecular Hbond substituents is 1. The van der Waals surface area contributed by atoms with Crippen LogP contribution in [0.1, 0.15) is 29.9 Å². The summed E-state index contributed by atoms with van der Waals surface area (Å²) < 4.78 is 29.0. The number of amides is 4. The Balaban J connectivity index is 1.33. The highest BCUT2D eigenvalue weighted by atomic mass is 35.5. The van der Waals surface area contributed by atoms with Gasteiger partial charge in [0.25, 0.3) is 11.8 Å². The summed E-state index contributed by atoms with van der Waals surface area (Å²) in [5.74, 6) is -8.22. The van der Waals surface area contributed by atoms with Crippen LogP contribution in [0.5, 0.6) is 5.75 Å². The molecular weight excluding hydrogens is 652 g/mol. The maximum Gasteiger partial charge on any atom is 0.260 e. The van der Waals surface area contributed by atoms with E-state index in [0.29, 0.717) is 27.4 Å². The number of phenols is 1. The second-order valence-electron chi connectivity index (χ2n) is 12.9. The molecule has 4 aromatic rings. The fourth-order valence-electron chi connectivity index (χ4n) is 8.56. The lowest BCUT2D eigenvalue weighted by molar-refractivity contribution is -0.138. The topological polar surface area (TPSA) is 107 Å². The van der Waals surface area contributed by atoms with Crippen LogP contribution in [0.2, 0.25) is 5.02 Å². The number of aromatic hydroxyl groups is 1. The molecule has 2 saturated heterocycles. The number of para-hydroxylation sites is 1. The highest BCUT2D eigenvalue weighted by molar-refractivity contribution is 6.30. The van der Waals surface area contributed by atoms with Gasteiger partial charge in [-0.3, -0.25) is 29.5 Å². The molecule has 2 aliphatic heterocycles. The van der Waals surface area contributed by atoms with Crippen molar-refractivity contribution in [3.8, 4) is 5.75 Å². The molecule has 0 bridgehead atoms. The van der Waals surface area contributed by atoms with Gasteiger partial charge < -0.3 is 5.11 Å². The zero-order valence-electron chi connectivity index (χ0n) is 25.7. The van der Waals surface area contributed by atoms with Gasteiger partial charge in [0.15, 0.2) is 11.6 Å². The number of allylic oxidation sites excluding steroid dienone is 2. The van der Waals surface area contributed by atoms with Crippen LogP contribution in [0.25, 0.3) is 0 Å². The Hall–Kier alpha value is -5.35. The van der Waals surface area contributed by atoms with Crippen molar-refractivity contribution in [2.75, 3.05) is 10.3 Å². The normalized spacial score (nSPS) is 27.5. The van der Waals surface area contributed by atoms with Crippen LogP contribution in [0.15, 0.2) is 109 Å². The number of nitrogens with zero attached hydrogens (tertiary/aromatic N) is 2. The zero-order valence-corrected chi connectivity index (χ0v) is 26.5. The first kappa shape index (κ1) is 31.0. The molecule has 0 spiro atoms. The van der Waals surface area contributed by atoms with E-state index >= 15 is 9.18 Å². The van der Waals surface area contributed by atoms with Gasteiger partial charge in [-0.15, -0.1) is 0 Å². The average Bonchev–Trinajstić information content (AvgIpc) is 3.48. The highest BCUT2D eigenvalue weighted by Gasteiger charge is 2.70. The third-order valence-electron chi connectivity index (χ3n) is 10.6. The quantitative estimate of drug-likeness (QED) is 0.184. The molecule has 6 atom stereocenters. The average molecular weight is 680 g/mol. The summed E-state index contributed by atoms with van der Waals surface area (Å²) in [4.78, 5) is 59.0. The molecule has 49 heavy (non-hydrogen) atoms. The number of fused-ring (bicyclic) bond motifs is 4. The first-order chi connectivity index (χ1) is 23.6. The Morgan fingerprint density at radius 1 is 0.816 bits per heavy atom. The molecule has 0 radical (unpaired) electrons. The number of hydrogen-bond donors (Lipinski definition) is 2. The van der Waals surface area contributed by atoms with Crippen LogP contribution < -0.4 is 10.3 Å². The Bertz CT molecular complexity index is 2070. The molecule has 4 aromatic carbocycles. The predicted molar refractivity (Wildman–Crippen MR) is 176 cm³/mol. The first-order valence-electron chi connectivity index (χ1n) is 15.9. The largest absolute Gasteiger partial charge is 0.505 e. The van der Waals surface area contributed by atoms with E-state index in [0.717, 1.165) is 11.1 Å². The summed E-state index contributed by atoms with van der Waals surface area (Å²) in [5.41, 5.74) is 3.34. The van der Waals surface area contributed by atoms with Crippen LogP contribution in [0.4, 0.5) is 20.2 Å². The highest BCUT2D eigenvalue weighted by Crippen LogP contribution is 2.64. The standard InChI is InChI=1S/C38H28ClF2N3O5/c39-22-9-7-21(8-10-22)38-29(35(47)44(37(38)49)42-24-13-11-23(40)12-14-24)19-28-26(33(38)20-6-17-31(45)30(41)18-20)15-16-27-32(28)36(48)43(34(27)46)25-4-2-1-3-5-25/h1-15,17-18,27-29,32-33,42,45H,16,19H2. The van der Waals surface area contributed by atoms with Gasteiger partial charge in [0.1, 0.15) is 5.82 Å². The first-order valence-corrected chi connectivity index (χ1v) is 16.3. The number of halogens is 3. The maximum absolute atomic E-state index is 15.2. The summed E-state index contributed by atoms with van der Waals surface area (Å²) in [6.07, 6.45) is 2.10. The molecule has 8 nitrogen and oxygen atoms in total. The van der Waals surface area contributed by atoms with Gasteiger partial charge >= 0.3 is 0 Å². The molecule has 8 rings (SSSR count). The van der Waals surface area contributed by atoms with Crippen molar-refractivity contribution < 1.29 is 33.1 Å². The van der Waals surface area contributed by atoms with Crippen LogP contribution in [-0.2, 0) is 24.6 Å². The number of imide groups is 2. The van der Waals surface area contributed by atoms with Crippen molar-refractivity contribution in [2.24, 2.45) is 23.7 Å². The SMILES string of the molecule is O=C1C2CC3C(=CCC4C(=O)N(c5ccccc5)C(=O)C43)C(c3ccc(O)c(F)c3)C2(c2ccc(Cl)cc2)C(=O)N1Nc1ccc(F)cc1. The molecule has 2 heterocycles. The Morgan fingerprint density at radius 2 is 1.53 bits per heavy atom. The van der Waals surface area contributed by atoms with E-state index in [4.69, 9.17) is 11.6 Å². The molecule has 11 heteroatoms. The summed E-state index contributed by atoms with van der Waals surface area (Å²) in [5, 5.41) is 11.5. The van der Waals surface area contributed by atoms with Crippen molar-refractivity contribution in [3.63, 3.8) is 0 Å². The molecule has 4 aliphatic rings. The molecular formula is C38H28ClF2N3O5. The fourth-order valence-corrected chi connectivity index (χ4v) is 8.69. The number of benzene rings is 4. The van der Waals surface area contributed by atoms with Gasteiger partial charge in [-0.2, -0.15) is 5.01 Å². The van der Waals surface area contributed by atoms with Gasteiger partial charge in [-0.25, -0.2) is 8.78 Å². The molecule has 2 N–H and O–H groups in total. The fraction of sp³-hybridized carbons (Fsp3) is 0.211. The van der Waals surface area contributed by atoms with E-state index in [1.54, 1.807) is 54.6 Å². The molecule has 3 fully saturated rings. The summed E-state index contributed by atoms with van der Waals surface area (Å²) in [6, 6.07) is 24.2. The summed E-state index contributed by atoms with van der Waals surface area (Å²) in [6.45, 7) is 0. The lowest BCUT2D eigenvalue weighted by Gasteiger charge is -2.50. The molecule has 1 saturated carbocycles.